The van der Waals surface area contributed by atoms with Gasteiger partial charge in [-0.15, -0.1) is 0 Å². The smallest absolute Gasteiger partial charge is 0.368 e. The van der Waals surface area contributed by atoms with Gasteiger partial charge in [-0.25, -0.2) is 0 Å². The van der Waals surface area contributed by atoms with Crippen LogP contribution in [0, 0.1) is 23.0 Å². The lowest BCUT2D eigenvalue weighted by Crippen LogP contribution is -2.51. The second-order valence-electron chi connectivity index (χ2n) is 8.87. The quantitative estimate of drug-likeness (QED) is 0.481. The summed E-state index contributed by atoms with van der Waals surface area (Å²) in [4.78, 5) is 29.6. The number of nitro groups is 1. The van der Waals surface area contributed by atoms with Crippen molar-refractivity contribution in [3.05, 3.63) is 63.7 Å². The number of amides is 1. The van der Waals surface area contributed by atoms with E-state index in [1.54, 1.807) is 4.90 Å². The van der Waals surface area contributed by atoms with Crippen molar-refractivity contribution in [2.75, 3.05) is 49.1 Å². The van der Waals surface area contributed by atoms with Crippen LogP contribution in [0.5, 0.6) is 0 Å². The van der Waals surface area contributed by atoms with Gasteiger partial charge in [-0.3, -0.25) is 14.9 Å². The van der Waals surface area contributed by atoms with Crippen molar-refractivity contribution in [3.63, 3.8) is 0 Å². The summed E-state index contributed by atoms with van der Waals surface area (Å²) in [6, 6.07) is 10.9. The second-order valence-corrected chi connectivity index (χ2v) is 8.87. The van der Waals surface area contributed by atoms with Crippen LogP contribution in [-0.2, 0) is 11.0 Å². The van der Waals surface area contributed by atoms with Gasteiger partial charge >= 0.3 is 6.18 Å². The molecule has 0 radical (unpaired) electrons. The fraction of sp³-hybridized carbons (Fsp3) is 0.458. The first-order valence-electron chi connectivity index (χ1n) is 11.3. The van der Waals surface area contributed by atoms with Crippen LogP contribution in [0.1, 0.15) is 24.0 Å². The van der Waals surface area contributed by atoms with E-state index >= 15 is 0 Å². The molecule has 34 heavy (non-hydrogen) atoms. The molecule has 7 nitrogen and oxygen atoms in total. The van der Waals surface area contributed by atoms with E-state index in [0.29, 0.717) is 45.1 Å². The molecule has 2 aromatic carbocycles. The number of anilines is 2. The highest BCUT2D eigenvalue weighted by atomic mass is 19.4. The number of nitrogens with zero attached hydrogens (tertiary/aromatic N) is 4. The van der Waals surface area contributed by atoms with E-state index in [1.807, 2.05) is 11.0 Å². The number of aryl methyl sites for hydroxylation is 1. The Morgan fingerprint density at radius 3 is 2.24 bits per heavy atom. The van der Waals surface area contributed by atoms with Gasteiger partial charge in [-0.05, 0) is 49.6 Å². The minimum atomic E-state index is -4.65. The maximum Gasteiger partial charge on any atom is 0.416 e. The van der Waals surface area contributed by atoms with Gasteiger partial charge in [0, 0.05) is 56.9 Å². The second kappa shape index (κ2) is 9.52. The standard InChI is InChI=1S/C24H27F3N4O3/c1-17-3-2-4-20(15-17)28-11-13-30(14-12-28)23(32)18-7-9-29(10-8-18)21-6-5-19(24(25,26)27)16-22(21)31(33)34/h2-6,15-16,18H,7-14H2,1H3. The van der Waals surface area contributed by atoms with Crippen molar-refractivity contribution in [2.45, 2.75) is 25.9 Å². The van der Waals surface area contributed by atoms with Crippen LogP contribution in [-0.4, -0.2) is 55.0 Å². The van der Waals surface area contributed by atoms with E-state index < -0.39 is 22.4 Å². The van der Waals surface area contributed by atoms with Crippen LogP contribution < -0.4 is 9.80 Å². The third-order valence-corrected chi connectivity index (χ3v) is 6.64. The Labute approximate surface area is 195 Å². The van der Waals surface area contributed by atoms with E-state index in [-0.39, 0.29) is 17.5 Å². The lowest BCUT2D eigenvalue weighted by atomic mass is 9.94. The molecule has 0 aromatic heterocycles. The minimum absolute atomic E-state index is 0.0884. The van der Waals surface area contributed by atoms with E-state index in [0.717, 1.165) is 30.9 Å². The van der Waals surface area contributed by atoms with Gasteiger partial charge in [0.05, 0.1) is 10.5 Å². The number of benzene rings is 2. The monoisotopic (exact) mass is 476 g/mol. The molecule has 1 amide bonds. The number of rotatable bonds is 4. The summed E-state index contributed by atoms with van der Waals surface area (Å²) in [5.41, 5.74) is 0.898. The normalized spacial score (nSPS) is 17.7. The van der Waals surface area contributed by atoms with Gasteiger partial charge in [0.1, 0.15) is 5.69 Å². The third kappa shape index (κ3) is 5.10. The zero-order valence-corrected chi connectivity index (χ0v) is 18.9. The van der Waals surface area contributed by atoms with Crippen LogP contribution in [0.4, 0.5) is 30.2 Å². The van der Waals surface area contributed by atoms with Crippen molar-refractivity contribution in [2.24, 2.45) is 5.92 Å². The molecule has 0 saturated carbocycles. The number of piperidine rings is 1. The zero-order valence-electron chi connectivity index (χ0n) is 18.9. The molecule has 0 N–H and O–H groups in total. The maximum atomic E-state index is 13.1. The highest BCUT2D eigenvalue weighted by Crippen LogP contribution is 2.38. The average molecular weight is 476 g/mol. The number of piperazine rings is 1. The summed E-state index contributed by atoms with van der Waals surface area (Å²) in [5.74, 6) is -0.0965. The third-order valence-electron chi connectivity index (χ3n) is 6.64. The first-order chi connectivity index (χ1) is 16.1. The molecule has 10 heteroatoms. The number of carbonyl (C=O) groups is 1. The van der Waals surface area contributed by atoms with Crippen LogP contribution in [0.3, 0.4) is 0 Å². The predicted octanol–water partition coefficient (Wildman–Crippen LogP) is 4.49. The molecule has 4 rings (SSSR count). The number of hydrogen-bond donors (Lipinski definition) is 0. The molecule has 0 unspecified atom stereocenters. The van der Waals surface area contributed by atoms with Gasteiger partial charge in [-0.1, -0.05) is 12.1 Å². The summed E-state index contributed by atoms with van der Waals surface area (Å²) in [7, 11) is 0. The van der Waals surface area contributed by atoms with Gasteiger partial charge < -0.3 is 14.7 Å². The Morgan fingerprint density at radius 1 is 0.971 bits per heavy atom. The van der Waals surface area contributed by atoms with Crippen molar-refractivity contribution >= 4 is 23.0 Å². The highest BCUT2D eigenvalue weighted by molar-refractivity contribution is 5.79. The average Bonchev–Trinajstić information content (AvgIpc) is 2.83. The SMILES string of the molecule is Cc1cccc(N2CCN(C(=O)C3CCN(c4ccc(C(F)(F)F)cc4[N+](=O)[O-])CC3)CC2)c1. The Hall–Kier alpha value is -3.30. The van der Waals surface area contributed by atoms with Crippen LogP contribution in [0.2, 0.25) is 0 Å². The molecule has 182 valence electrons. The highest BCUT2D eigenvalue weighted by Gasteiger charge is 2.35. The maximum absolute atomic E-state index is 13.1. The number of halogens is 3. The molecule has 0 spiro atoms. The van der Waals surface area contributed by atoms with Crippen molar-refractivity contribution in [3.8, 4) is 0 Å². The Balaban J connectivity index is 1.35. The van der Waals surface area contributed by atoms with Crippen LogP contribution >= 0.6 is 0 Å². The van der Waals surface area contributed by atoms with Crippen molar-refractivity contribution in [1.29, 1.82) is 0 Å². The topological polar surface area (TPSA) is 69.9 Å². The van der Waals surface area contributed by atoms with Gasteiger partial charge in [0.25, 0.3) is 5.69 Å². The fourth-order valence-electron chi connectivity index (χ4n) is 4.75. The first-order valence-corrected chi connectivity index (χ1v) is 11.3. The van der Waals surface area contributed by atoms with Gasteiger partial charge in [-0.2, -0.15) is 13.2 Å². The lowest BCUT2D eigenvalue weighted by Gasteiger charge is -2.39. The largest absolute Gasteiger partial charge is 0.416 e. The number of hydrogen-bond acceptors (Lipinski definition) is 5. The molecule has 0 aliphatic carbocycles. The summed E-state index contributed by atoms with van der Waals surface area (Å²) in [6.45, 7) is 5.60. The molecule has 0 atom stereocenters. The Morgan fingerprint density at radius 2 is 1.65 bits per heavy atom. The Bertz CT molecular complexity index is 1060. The number of alkyl halides is 3. The molecule has 2 aliphatic rings. The number of carbonyl (C=O) groups excluding carboxylic acids is 1. The van der Waals surface area contributed by atoms with E-state index in [9.17, 15) is 28.1 Å². The molecule has 2 fully saturated rings. The van der Waals surface area contributed by atoms with E-state index in [4.69, 9.17) is 0 Å². The van der Waals surface area contributed by atoms with E-state index in [2.05, 4.69) is 30.0 Å². The molecule has 2 heterocycles. The van der Waals surface area contributed by atoms with Crippen molar-refractivity contribution in [1.82, 2.24) is 4.90 Å². The molecular weight excluding hydrogens is 449 g/mol. The predicted molar refractivity (Wildman–Crippen MR) is 123 cm³/mol. The summed E-state index contributed by atoms with van der Waals surface area (Å²) in [6.07, 6.45) is -3.63. The van der Waals surface area contributed by atoms with Crippen molar-refractivity contribution < 1.29 is 22.9 Å². The molecule has 2 aliphatic heterocycles. The molecule has 2 aromatic rings. The molecule has 2 saturated heterocycles. The lowest BCUT2D eigenvalue weighted by molar-refractivity contribution is -0.384. The van der Waals surface area contributed by atoms with Gasteiger partial charge in [0.2, 0.25) is 5.91 Å². The first kappa shape index (κ1) is 23.8. The van der Waals surface area contributed by atoms with Gasteiger partial charge in [0.15, 0.2) is 0 Å². The molecular formula is C24H27F3N4O3. The Kier molecular flexibility index (Phi) is 6.67. The number of nitro benzene ring substituents is 1. The summed E-state index contributed by atoms with van der Waals surface area (Å²) >= 11 is 0. The fourth-order valence-corrected chi connectivity index (χ4v) is 4.75. The van der Waals surface area contributed by atoms with Crippen LogP contribution in [0.25, 0.3) is 0 Å². The summed E-state index contributed by atoms with van der Waals surface area (Å²) in [5, 5.41) is 11.4. The van der Waals surface area contributed by atoms with Crippen LogP contribution in [0.15, 0.2) is 42.5 Å². The van der Waals surface area contributed by atoms with E-state index in [1.165, 1.54) is 5.56 Å². The molecule has 0 bridgehead atoms. The minimum Gasteiger partial charge on any atom is -0.368 e. The summed E-state index contributed by atoms with van der Waals surface area (Å²) < 4.78 is 38.9. The zero-order chi connectivity index (χ0) is 24.5.